The van der Waals surface area contributed by atoms with Gasteiger partial charge in [0.1, 0.15) is 5.82 Å². The first-order valence-corrected chi connectivity index (χ1v) is 9.30. The summed E-state index contributed by atoms with van der Waals surface area (Å²) in [6.07, 6.45) is 3.54. The van der Waals surface area contributed by atoms with Crippen molar-refractivity contribution in [1.82, 2.24) is 20.1 Å². The van der Waals surface area contributed by atoms with Crippen LogP contribution in [-0.4, -0.2) is 52.9 Å². The molecule has 28 heavy (non-hydrogen) atoms. The molecule has 0 fully saturated rings. The third-order valence-corrected chi connectivity index (χ3v) is 4.78. The molecule has 2 amide bonds. The Labute approximate surface area is 164 Å². The van der Waals surface area contributed by atoms with Gasteiger partial charge < -0.3 is 10.2 Å². The Hall–Kier alpha value is -3.03. The molecule has 2 aromatic heterocycles. The summed E-state index contributed by atoms with van der Waals surface area (Å²) < 4.78 is 1.80. The molecule has 0 saturated carbocycles. The molecule has 0 aromatic carbocycles. The Morgan fingerprint density at radius 2 is 2.04 bits per heavy atom. The summed E-state index contributed by atoms with van der Waals surface area (Å²) in [6.45, 7) is 7.91. The first-order valence-electron chi connectivity index (χ1n) is 9.30. The van der Waals surface area contributed by atoms with E-state index < -0.39 is 5.92 Å². The SMILES string of the molecule is CC1=CC(C)=NC(=O)C1CNC(=O)c1cc(N(C)C)nc2c1cnn2C(C)C. The van der Waals surface area contributed by atoms with Crippen molar-refractivity contribution in [3.63, 3.8) is 0 Å². The number of hydrogen-bond acceptors (Lipinski definition) is 5. The molecule has 0 aliphatic carbocycles. The maximum Gasteiger partial charge on any atom is 0.254 e. The zero-order valence-corrected chi connectivity index (χ0v) is 17.1. The molecule has 0 saturated heterocycles. The first kappa shape index (κ1) is 19.7. The molecule has 1 atom stereocenters. The average molecular weight is 382 g/mol. The van der Waals surface area contributed by atoms with E-state index in [0.717, 1.165) is 5.57 Å². The standard InChI is InChI=1S/C20H26N6O2/c1-11(2)26-18-16(10-22-26)14(8-17(24-18)25(5)6)19(27)21-9-15-12(3)7-13(4)23-20(15)28/h7-8,10-11,15H,9H2,1-6H3,(H,21,27). The smallest absolute Gasteiger partial charge is 0.254 e. The van der Waals surface area contributed by atoms with Crippen molar-refractivity contribution in [2.45, 2.75) is 33.7 Å². The van der Waals surface area contributed by atoms with Crippen LogP contribution in [0.1, 0.15) is 44.1 Å². The Morgan fingerprint density at radius 1 is 1.32 bits per heavy atom. The maximum atomic E-state index is 13.0. The molecule has 1 aliphatic heterocycles. The summed E-state index contributed by atoms with van der Waals surface area (Å²) >= 11 is 0. The fourth-order valence-electron chi connectivity index (χ4n) is 3.25. The lowest BCUT2D eigenvalue weighted by Crippen LogP contribution is -2.34. The topological polar surface area (TPSA) is 92.5 Å². The number of nitrogens with zero attached hydrogens (tertiary/aromatic N) is 5. The molecular weight excluding hydrogens is 356 g/mol. The second-order valence-electron chi connectivity index (χ2n) is 7.58. The summed E-state index contributed by atoms with van der Waals surface area (Å²) in [5.41, 5.74) is 2.75. The molecule has 8 heteroatoms. The molecule has 3 heterocycles. The summed E-state index contributed by atoms with van der Waals surface area (Å²) in [4.78, 5) is 35.7. The van der Waals surface area contributed by atoms with Crippen LogP contribution in [0.15, 0.2) is 28.9 Å². The molecule has 2 aromatic rings. The van der Waals surface area contributed by atoms with Gasteiger partial charge in [-0.25, -0.2) is 14.7 Å². The number of aliphatic imine (C=N–C) groups is 1. The predicted molar refractivity (Wildman–Crippen MR) is 110 cm³/mol. The number of amides is 2. The van der Waals surface area contributed by atoms with Crippen molar-refractivity contribution in [1.29, 1.82) is 0 Å². The number of hydrogen-bond donors (Lipinski definition) is 1. The Kier molecular flexibility index (Phi) is 5.31. The molecule has 148 valence electrons. The minimum atomic E-state index is -0.434. The van der Waals surface area contributed by atoms with Crippen LogP contribution in [0.4, 0.5) is 5.82 Å². The number of anilines is 1. The number of dihydropyridines is 1. The van der Waals surface area contributed by atoms with E-state index in [1.165, 1.54) is 0 Å². The highest BCUT2D eigenvalue weighted by Gasteiger charge is 2.25. The number of carbonyl (C=O) groups is 2. The summed E-state index contributed by atoms with van der Waals surface area (Å²) in [7, 11) is 3.75. The van der Waals surface area contributed by atoms with Gasteiger partial charge in [0.05, 0.1) is 23.1 Å². The number of nitrogens with one attached hydrogen (secondary N) is 1. The van der Waals surface area contributed by atoms with E-state index in [2.05, 4.69) is 20.4 Å². The van der Waals surface area contributed by atoms with E-state index in [4.69, 9.17) is 0 Å². The Bertz CT molecular complexity index is 1000. The van der Waals surface area contributed by atoms with E-state index in [1.807, 2.05) is 45.8 Å². The van der Waals surface area contributed by atoms with Crippen molar-refractivity contribution in [2.75, 3.05) is 25.5 Å². The highest BCUT2D eigenvalue weighted by atomic mass is 16.2. The second-order valence-corrected chi connectivity index (χ2v) is 7.58. The van der Waals surface area contributed by atoms with Crippen molar-refractivity contribution in [2.24, 2.45) is 10.9 Å². The minimum absolute atomic E-state index is 0.118. The predicted octanol–water partition coefficient (Wildman–Crippen LogP) is 2.37. The van der Waals surface area contributed by atoms with E-state index in [1.54, 1.807) is 23.9 Å². The maximum absolute atomic E-state index is 13.0. The highest BCUT2D eigenvalue weighted by molar-refractivity contribution is 6.07. The Balaban J connectivity index is 1.91. The normalized spacial score (nSPS) is 17.0. The van der Waals surface area contributed by atoms with E-state index in [9.17, 15) is 9.59 Å². The van der Waals surface area contributed by atoms with Crippen LogP contribution in [0.2, 0.25) is 0 Å². The molecule has 0 bridgehead atoms. The monoisotopic (exact) mass is 382 g/mol. The van der Waals surface area contributed by atoms with Gasteiger partial charge in [0.2, 0.25) is 0 Å². The van der Waals surface area contributed by atoms with Gasteiger partial charge in [-0.2, -0.15) is 5.10 Å². The molecule has 8 nitrogen and oxygen atoms in total. The van der Waals surface area contributed by atoms with Crippen LogP contribution in [-0.2, 0) is 4.79 Å². The van der Waals surface area contributed by atoms with Gasteiger partial charge in [-0.1, -0.05) is 5.57 Å². The number of rotatable bonds is 5. The highest BCUT2D eigenvalue weighted by Crippen LogP contribution is 2.24. The number of fused-ring (bicyclic) bond motifs is 1. The van der Waals surface area contributed by atoms with Crippen LogP contribution in [0.5, 0.6) is 0 Å². The number of aromatic nitrogens is 3. The molecule has 1 unspecified atom stereocenters. The summed E-state index contributed by atoms with van der Waals surface area (Å²) in [5, 5.41) is 7.97. The van der Waals surface area contributed by atoms with Gasteiger partial charge in [-0.05, 0) is 39.8 Å². The van der Waals surface area contributed by atoms with Gasteiger partial charge in [0, 0.05) is 32.4 Å². The van der Waals surface area contributed by atoms with E-state index in [-0.39, 0.29) is 24.4 Å². The van der Waals surface area contributed by atoms with Crippen LogP contribution in [0, 0.1) is 5.92 Å². The van der Waals surface area contributed by atoms with Gasteiger partial charge in [-0.3, -0.25) is 9.59 Å². The lowest BCUT2D eigenvalue weighted by Gasteiger charge is -2.19. The van der Waals surface area contributed by atoms with Crippen molar-refractivity contribution >= 4 is 34.4 Å². The number of carbonyl (C=O) groups excluding carboxylic acids is 2. The second kappa shape index (κ2) is 7.53. The fourth-order valence-corrected chi connectivity index (χ4v) is 3.25. The van der Waals surface area contributed by atoms with Gasteiger partial charge >= 0.3 is 0 Å². The molecule has 0 radical (unpaired) electrons. The Morgan fingerprint density at radius 3 is 2.64 bits per heavy atom. The molecule has 1 aliphatic rings. The summed E-state index contributed by atoms with van der Waals surface area (Å²) in [5.74, 6) is -0.244. The molecule has 0 spiro atoms. The summed E-state index contributed by atoms with van der Waals surface area (Å²) in [6, 6.07) is 1.87. The van der Waals surface area contributed by atoms with Crippen LogP contribution in [0.3, 0.4) is 0 Å². The fraction of sp³-hybridized carbons (Fsp3) is 0.450. The van der Waals surface area contributed by atoms with Gasteiger partial charge in [-0.15, -0.1) is 0 Å². The average Bonchev–Trinajstić information content (AvgIpc) is 3.03. The van der Waals surface area contributed by atoms with Crippen molar-refractivity contribution in [3.8, 4) is 0 Å². The lowest BCUT2D eigenvalue weighted by molar-refractivity contribution is -0.120. The van der Waals surface area contributed by atoms with Gasteiger partial charge in [0.25, 0.3) is 11.8 Å². The van der Waals surface area contributed by atoms with E-state index >= 15 is 0 Å². The minimum Gasteiger partial charge on any atom is -0.363 e. The zero-order chi connectivity index (χ0) is 20.6. The number of allylic oxidation sites excluding steroid dienone is 1. The third kappa shape index (κ3) is 3.67. The largest absolute Gasteiger partial charge is 0.363 e. The third-order valence-electron chi connectivity index (χ3n) is 4.78. The molecular formula is C20H26N6O2. The molecule has 3 rings (SSSR count). The van der Waals surface area contributed by atoms with Crippen LogP contribution >= 0.6 is 0 Å². The lowest BCUT2D eigenvalue weighted by atomic mass is 9.95. The van der Waals surface area contributed by atoms with Gasteiger partial charge in [0.15, 0.2) is 5.65 Å². The quantitative estimate of drug-likeness (QED) is 0.857. The van der Waals surface area contributed by atoms with Crippen molar-refractivity contribution < 1.29 is 9.59 Å². The van der Waals surface area contributed by atoms with Crippen molar-refractivity contribution in [3.05, 3.63) is 29.5 Å². The number of pyridine rings is 1. The first-order chi connectivity index (χ1) is 13.2. The van der Waals surface area contributed by atoms with Crippen LogP contribution in [0.25, 0.3) is 11.0 Å². The van der Waals surface area contributed by atoms with Crippen LogP contribution < -0.4 is 10.2 Å². The van der Waals surface area contributed by atoms with E-state index in [0.29, 0.717) is 28.1 Å². The zero-order valence-electron chi connectivity index (χ0n) is 17.1. The molecule has 1 N–H and O–H groups in total.